The Hall–Kier alpha value is -3.45. The molecule has 8 nitrogen and oxygen atoms in total. The maximum atomic E-state index is 13.2. The molecule has 43 heavy (non-hydrogen) atoms. The van der Waals surface area contributed by atoms with Gasteiger partial charge in [0, 0.05) is 35.1 Å². The Labute approximate surface area is 250 Å². The summed E-state index contributed by atoms with van der Waals surface area (Å²) in [7, 11) is -5.42. The lowest BCUT2D eigenvalue weighted by atomic mass is 9.79. The molecule has 2 fully saturated rings. The topological polar surface area (TPSA) is 113 Å². The molecule has 4 aromatic rings. The minimum Gasteiger partial charge on any atom is -0.478 e. The third kappa shape index (κ3) is 5.20. The van der Waals surface area contributed by atoms with Gasteiger partial charge in [-0.2, -0.15) is 22.6 Å². The summed E-state index contributed by atoms with van der Waals surface area (Å²) in [5.41, 5.74) is -4.19. The van der Waals surface area contributed by atoms with Crippen molar-refractivity contribution >= 4 is 38.5 Å². The molecule has 1 saturated heterocycles. The summed E-state index contributed by atoms with van der Waals surface area (Å²) in [6.45, 7) is -0.539. The zero-order valence-electron chi connectivity index (χ0n) is 22.6. The SMILES string of the molecule is O=C(O)c1ccc(C(O)(c2ccc(Cl)cc2)c2ccc3nn(C4CC4)c(C4CCN(S(=O)(=O)C(F)(F)F)CC4)c3c2)cc1. The fourth-order valence-electron chi connectivity index (χ4n) is 5.91. The fraction of sp³-hybridized carbons (Fsp3) is 0.333. The quantitative estimate of drug-likeness (QED) is 0.240. The molecule has 2 N–H and O–H groups in total. The van der Waals surface area contributed by atoms with Gasteiger partial charge in [0.25, 0.3) is 0 Å². The molecule has 0 bridgehead atoms. The molecule has 0 amide bonds. The number of hydrogen-bond donors (Lipinski definition) is 2. The van der Waals surface area contributed by atoms with Gasteiger partial charge in [0.1, 0.15) is 5.60 Å². The van der Waals surface area contributed by atoms with E-state index in [1.165, 1.54) is 12.1 Å². The zero-order valence-corrected chi connectivity index (χ0v) is 24.2. The number of carboxylic acids is 1. The Bertz CT molecular complexity index is 1800. The van der Waals surface area contributed by atoms with E-state index in [0.29, 0.717) is 31.5 Å². The largest absolute Gasteiger partial charge is 0.511 e. The Morgan fingerprint density at radius 1 is 0.884 bits per heavy atom. The van der Waals surface area contributed by atoms with Crippen LogP contribution in [0.25, 0.3) is 10.9 Å². The van der Waals surface area contributed by atoms with E-state index < -0.39 is 27.1 Å². The summed E-state index contributed by atoms with van der Waals surface area (Å²) in [6.07, 6.45) is 2.18. The fourth-order valence-corrected chi connectivity index (χ4v) is 7.02. The molecule has 1 atom stereocenters. The summed E-state index contributed by atoms with van der Waals surface area (Å²) < 4.78 is 66.0. The van der Waals surface area contributed by atoms with Crippen molar-refractivity contribution in [3.63, 3.8) is 0 Å². The lowest BCUT2D eigenvalue weighted by Crippen LogP contribution is -2.44. The molecular weight excluding hydrogens is 607 g/mol. The third-order valence-corrected chi connectivity index (χ3v) is 10.2. The van der Waals surface area contributed by atoms with Crippen molar-refractivity contribution in [3.05, 3.63) is 99.7 Å². The Kier molecular flexibility index (Phi) is 7.31. The van der Waals surface area contributed by atoms with Crippen molar-refractivity contribution in [2.24, 2.45) is 0 Å². The van der Waals surface area contributed by atoms with Crippen molar-refractivity contribution < 1.29 is 36.6 Å². The highest BCUT2D eigenvalue weighted by Crippen LogP contribution is 2.45. The number of carboxylic acid groups (broad SMARTS) is 1. The zero-order chi connectivity index (χ0) is 30.7. The number of aliphatic hydroxyl groups is 1. The van der Waals surface area contributed by atoms with Gasteiger partial charge in [-0.1, -0.05) is 41.9 Å². The lowest BCUT2D eigenvalue weighted by Gasteiger charge is -2.32. The van der Waals surface area contributed by atoms with Crippen LogP contribution in [0.3, 0.4) is 0 Å². The van der Waals surface area contributed by atoms with E-state index in [2.05, 4.69) is 0 Å². The van der Waals surface area contributed by atoms with Crippen molar-refractivity contribution in [3.8, 4) is 0 Å². The van der Waals surface area contributed by atoms with Crippen LogP contribution in [0.15, 0.2) is 66.7 Å². The summed E-state index contributed by atoms with van der Waals surface area (Å²) in [5.74, 6) is -1.35. The first-order valence-electron chi connectivity index (χ1n) is 13.7. The number of fused-ring (bicyclic) bond motifs is 1. The van der Waals surface area contributed by atoms with E-state index in [1.54, 1.807) is 48.5 Å². The lowest BCUT2D eigenvalue weighted by molar-refractivity contribution is -0.0494. The van der Waals surface area contributed by atoms with E-state index in [0.717, 1.165) is 23.9 Å². The number of alkyl halides is 3. The van der Waals surface area contributed by atoms with Crippen LogP contribution in [0.2, 0.25) is 5.02 Å². The van der Waals surface area contributed by atoms with E-state index in [9.17, 15) is 36.6 Å². The minimum absolute atomic E-state index is 0.0598. The second-order valence-electron chi connectivity index (χ2n) is 11.0. The molecule has 226 valence electrons. The number of aromatic nitrogens is 2. The molecule has 1 saturated carbocycles. The van der Waals surface area contributed by atoms with Crippen molar-refractivity contribution in [1.82, 2.24) is 14.1 Å². The second kappa shape index (κ2) is 10.6. The van der Waals surface area contributed by atoms with Crippen LogP contribution in [0.4, 0.5) is 13.2 Å². The Balaban J connectivity index is 1.45. The first-order chi connectivity index (χ1) is 20.3. The van der Waals surface area contributed by atoms with Crippen LogP contribution in [0, 0.1) is 0 Å². The first-order valence-corrected chi connectivity index (χ1v) is 15.5. The number of halogens is 4. The van der Waals surface area contributed by atoms with Gasteiger partial charge in [-0.05, 0) is 78.8 Å². The average molecular weight is 634 g/mol. The number of rotatable bonds is 7. The van der Waals surface area contributed by atoms with Gasteiger partial charge in [0.05, 0.1) is 17.1 Å². The number of nitrogens with zero attached hydrogens (tertiary/aromatic N) is 3. The maximum Gasteiger partial charge on any atom is 0.511 e. The molecule has 2 heterocycles. The first kappa shape index (κ1) is 29.6. The van der Waals surface area contributed by atoms with Crippen LogP contribution in [-0.4, -0.2) is 57.3 Å². The number of piperidine rings is 1. The molecule has 1 unspecified atom stereocenters. The molecular formula is C30H27ClF3N3O5S. The number of carbonyl (C=O) groups is 1. The second-order valence-corrected chi connectivity index (χ2v) is 13.4. The molecule has 1 aliphatic heterocycles. The molecule has 2 aliphatic rings. The summed E-state index contributed by atoms with van der Waals surface area (Å²) in [5, 5.41) is 27.8. The average Bonchev–Trinajstić information content (AvgIpc) is 3.76. The highest BCUT2D eigenvalue weighted by Gasteiger charge is 2.51. The summed E-state index contributed by atoms with van der Waals surface area (Å²) >= 11 is 6.13. The van der Waals surface area contributed by atoms with Gasteiger partial charge in [-0.25, -0.2) is 13.2 Å². The van der Waals surface area contributed by atoms with E-state index in [1.807, 2.05) is 10.7 Å². The molecule has 13 heteroatoms. The molecule has 3 aromatic carbocycles. The highest BCUT2D eigenvalue weighted by atomic mass is 35.5. The van der Waals surface area contributed by atoms with Crippen molar-refractivity contribution in [2.45, 2.75) is 48.8 Å². The predicted octanol–water partition coefficient (Wildman–Crippen LogP) is 6.04. The molecule has 0 spiro atoms. The molecule has 0 radical (unpaired) electrons. The summed E-state index contributed by atoms with van der Waals surface area (Å²) in [4.78, 5) is 11.5. The van der Waals surface area contributed by atoms with E-state index in [4.69, 9.17) is 16.7 Å². The van der Waals surface area contributed by atoms with Gasteiger partial charge in [0.15, 0.2) is 0 Å². The standard InChI is InChI=1S/C30H27ClF3N3O5S/c31-23-8-5-21(6-9-23)29(40,20-3-1-19(2-4-20)28(38)39)22-7-12-26-25(17-22)27(37(35-26)24-10-11-24)18-13-15-36(16-14-18)43(41,42)30(32,33)34/h1-9,12,17-18,24,40H,10-11,13-16H2,(H,38,39). The van der Waals surface area contributed by atoms with Crippen LogP contribution in [0.5, 0.6) is 0 Å². The van der Waals surface area contributed by atoms with E-state index in [-0.39, 0.29) is 43.5 Å². The molecule has 1 aliphatic carbocycles. The number of hydrogen-bond acceptors (Lipinski definition) is 5. The number of sulfonamides is 1. The van der Waals surface area contributed by atoms with Crippen molar-refractivity contribution in [1.29, 1.82) is 0 Å². The van der Waals surface area contributed by atoms with Crippen LogP contribution in [-0.2, 0) is 15.6 Å². The third-order valence-electron chi connectivity index (χ3n) is 8.33. The van der Waals surface area contributed by atoms with Crippen molar-refractivity contribution in [2.75, 3.05) is 13.1 Å². The monoisotopic (exact) mass is 633 g/mol. The van der Waals surface area contributed by atoms with Crippen LogP contribution < -0.4 is 0 Å². The summed E-state index contributed by atoms with van der Waals surface area (Å²) in [6, 6.07) is 18.1. The van der Waals surface area contributed by atoms with Crippen LogP contribution in [0.1, 0.15) is 70.4 Å². The highest BCUT2D eigenvalue weighted by molar-refractivity contribution is 7.90. The molecule has 6 rings (SSSR count). The maximum absolute atomic E-state index is 13.2. The normalized spacial score (nSPS) is 18.5. The van der Waals surface area contributed by atoms with Gasteiger partial charge in [0.2, 0.25) is 0 Å². The van der Waals surface area contributed by atoms with Gasteiger partial charge >= 0.3 is 21.5 Å². The minimum atomic E-state index is -5.42. The Morgan fingerprint density at radius 3 is 1.98 bits per heavy atom. The van der Waals surface area contributed by atoms with Gasteiger partial charge in [-0.15, -0.1) is 0 Å². The van der Waals surface area contributed by atoms with Crippen LogP contribution >= 0.6 is 11.6 Å². The molecule has 1 aromatic heterocycles. The smallest absolute Gasteiger partial charge is 0.478 e. The number of benzene rings is 3. The predicted molar refractivity (Wildman–Crippen MR) is 153 cm³/mol. The van der Waals surface area contributed by atoms with Gasteiger partial charge in [-0.3, -0.25) is 4.68 Å². The van der Waals surface area contributed by atoms with E-state index >= 15 is 0 Å². The Morgan fingerprint density at radius 2 is 1.44 bits per heavy atom. The van der Waals surface area contributed by atoms with Gasteiger partial charge < -0.3 is 10.2 Å². The number of aromatic carboxylic acids is 1.